The number of aryl methyl sites for hydroxylation is 1. The van der Waals surface area contributed by atoms with Gasteiger partial charge in [0.25, 0.3) is 0 Å². The third-order valence-corrected chi connectivity index (χ3v) is 6.33. The normalized spacial score (nSPS) is 12.8. The summed E-state index contributed by atoms with van der Waals surface area (Å²) in [6.07, 6.45) is 5.59. The quantitative estimate of drug-likeness (QED) is 0.239. The third kappa shape index (κ3) is 13.0. The fraction of sp³-hybridized carbons (Fsp3) is 0.667. The van der Waals surface area contributed by atoms with Gasteiger partial charge in [0.15, 0.2) is 0 Å². The molecular formula is C30H50N4O5. The van der Waals surface area contributed by atoms with Crippen LogP contribution >= 0.6 is 0 Å². The summed E-state index contributed by atoms with van der Waals surface area (Å²) >= 11 is 0. The minimum atomic E-state index is -1.09. The van der Waals surface area contributed by atoms with Gasteiger partial charge in [-0.3, -0.25) is 14.4 Å². The smallest absolute Gasteiger partial charge is 0.408 e. The molecule has 220 valence electrons. The van der Waals surface area contributed by atoms with Crippen molar-refractivity contribution in [2.45, 2.75) is 117 Å². The van der Waals surface area contributed by atoms with Gasteiger partial charge in [0.05, 0.1) is 0 Å². The zero-order valence-electron chi connectivity index (χ0n) is 24.8. The van der Waals surface area contributed by atoms with Gasteiger partial charge in [-0.15, -0.1) is 0 Å². The van der Waals surface area contributed by atoms with Crippen molar-refractivity contribution in [1.82, 2.24) is 15.5 Å². The first kappa shape index (κ1) is 33.9. The minimum Gasteiger partial charge on any atom is -0.444 e. The minimum absolute atomic E-state index is 0.00250. The standard InChI is InChI=1S/C30H50N4O5/c1-7-9-11-15-21-34(28(37)24(18-19-25(31)35)33-29(38)39-30(4,5)6)26(23-17-13-12-16-22(23)3)27(36)32-20-14-10-8-2/h12-13,16-17,24,26H,7-11,14-15,18-21H2,1-6H3,(H2,31,35)(H,32,36)(H,33,38). The molecule has 0 aliphatic rings. The topological polar surface area (TPSA) is 131 Å². The summed E-state index contributed by atoms with van der Waals surface area (Å²) in [7, 11) is 0. The number of ether oxygens (including phenoxy) is 1. The molecule has 9 heteroatoms. The fourth-order valence-electron chi connectivity index (χ4n) is 4.30. The number of hydrogen-bond acceptors (Lipinski definition) is 5. The molecule has 0 aromatic heterocycles. The second kappa shape index (κ2) is 17.5. The predicted molar refractivity (Wildman–Crippen MR) is 154 cm³/mol. The molecule has 39 heavy (non-hydrogen) atoms. The average molecular weight is 547 g/mol. The Bertz CT molecular complexity index is 928. The number of amides is 4. The Balaban J connectivity index is 3.46. The summed E-state index contributed by atoms with van der Waals surface area (Å²) in [4.78, 5) is 53.7. The highest BCUT2D eigenvalue weighted by Crippen LogP contribution is 2.27. The summed E-state index contributed by atoms with van der Waals surface area (Å²) in [5, 5.41) is 5.66. The molecule has 2 unspecified atom stereocenters. The summed E-state index contributed by atoms with van der Waals surface area (Å²) in [5.41, 5.74) is 6.22. The van der Waals surface area contributed by atoms with Crippen LogP contribution < -0.4 is 16.4 Å². The highest BCUT2D eigenvalue weighted by Gasteiger charge is 2.36. The Hall–Kier alpha value is -3.10. The van der Waals surface area contributed by atoms with Crippen molar-refractivity contribution in [3.8, 4) is 0 Å². The number of nitrogens with two attached hydrogens (primary N) is 1. The van der Waals surface area contributed by atoms with Crippen LogP contribution in [0.3, 0.4) is 0 Å². The molecule has 0 fully saturated rings. The van der Waals surface area contributed by atoms with E-state index in [0.717, 1.165) is 49.7 Å². The number of rotatable bonds is 17. The molecule has 1 aromatic carbocycles. The van der Waals surface area contributed by atoms with E-state index in [1.54, 1.807) is 25.7 Å². The second-order valence-electron chi connectivity index (χ2n) is 11.1. The van der Waals surface area contributed by atoms with Gasteiger partial charge in [-0.1, -0.05) is 70.2 Å². The molecule has 0 bridgehead atoms. The van der Waals surface area contributed by atoms with Crippen LogP contribution in [0.25, 0.3) is 0 Å². The van der Waals surface area contributed by atoms with Crippen molar-refractivity contribution in [2.24, 2.45) is 5.73 Å². The molecule has 9 nitrogen and oxygen atoms in total. The molecular weight excluding hydrogens is 496 g/mol. The van der Waals surface area contributed by atoms with Crippen LogP contribution in [0.1, 0.15) is 110 Å². The van der Waals surface area contributed by atoms with Crippen molar-refractivity contribution in [3.05, 3.63) is 35.4 Å². The Labute approximate surface area is 234 Å². The van der Waals surface area contributed by atoms with Crippen LogP contribution in [0.2, 0.25) is 0 Å². The van der Waals surface area contributed by atoms with Crippen molar-refractivity contribution in [1.29, 1.82) is 0 Å². The van der Waals surface area contributed by atoms with E-state index in [9.17, 15) is 19.2 Å². The Morgan fingerprint density at radius 2 is 1.62 bits per heavy atom. The molecule has 1 rings (SSSR count). The van der Waals surface area contributed by atoms with E-state index >= 15 is 0 Å². The van der Waals surface area contributed by atoms with Crippen molar-refractivity contribution < 1.29 is 23.9 Å². The molecule has 4 N–H and O–H groups in total. The van der Waals surface area contributed by atoms with Gasteiger partial charge >= 0.3 is 6.09 Å². The molecule has 0 heterocycles. The lowest BCUT2D eigenvalue weighted by Crippen LogP contribution is -2.53. The number of carbonyl (C=O) groups excluding carboxylic acids is 4. The molecule has 0 spiro atoms. The molecule has 2 atom stereocenters. The van der Waals surface area contributed by atoms with Crippen LogP contribution in [-0.4, -0.2) is 53.4 Å². The van der Waals surface area contributed by atoms with Gasteiger partial charge in [-0.2, -0.15) is 0 Å². The van der Waals surface area contributed by atoms with Crippen molar-refractivity contribution in [2.75, 3.05) is 13.1 Å². The maximum atomic E-state index is 14.2. The first-order chi connectivity index (χ1) is 18.4. The van der Waals surface area contributed by atoms with Gasteiger partial charge in [0, 0.05) is 19.5 Å². The summed E-state index contributed by atoms with van der Waals surface area (Å²) in [6.45, 7) is 12.1. The zero-order chi connectivity index (χ0) is 29.4. The monoisotopic (exact) mass is 546 g/mol. The van der Waals surface area contributed by atoms with Crippen molar-refractivity contribution in [3.63, 3.8) is 0 Å². The van der Waals surface area contributed by atoms with Gasteiger partial charge in [-0.05, 0) is 58.1 Å². The van der Waals surface area contributed by atoms with Gasteiger partial charge in [0.2, 0.25) is 17.7 Å². The molecule has 0 aliphatic carbocycles. The van der Waals surface area contributed by atoms with E-state index < -0.39 is 35.6 Å². The van der Waals surface area contributed by atoms with Crippen LogP contribution in [0.15, 0.2) is 24.3 Å². The molecule has 0 aliphatic heterocycles. The summed E-state index contributed by atoms with van der Waals surface area (Å²) in [5.74, 6) is -1.30. The Kier molecular flexibility index (Phi) is 15.2. The fourth-order valence-corrected chi connectivity index (χ4v) is 4.30. The molecule has 4 amide bonds. The predicted octanol–water partition coefficient (Wildman–Crippen LogP) is 4.91. The van der Waals surface area contributed by atoms with Gasteiger partial charge in [-0.25, -0.2) is 4.79 Å². The van der Waals surface area contributed by atoms with Crippen LogP contribution in [-0.2, 0) is 19.1 Å². The lowest BCUT2D eigenvalue weighted by atomic mass is 9.97. The maximum absolute atomic E-state index is 14.2. The number of nitrogens with one attached hydrogen (secondary N) is 2. The van der Waals surface area contributed by atoms with Crippen LogP contribution in [0.5, 0.6) is 0 Å². The lowest BCUT2D eigenvalue weighted by molar-refractivity contribution is -0.142. The average Bonchev–Trinajstić information content (AvgIpc) is 2.85. The number of alkyl carbamates (subject to hydrolysis) is 1. The van der Waals surface area contributed by atoms with Gasteiger partial charge < -0.3 is 26.0 Å². The largest absolute Gasteiger partial charge is 0.444 e. The van der Waals surface area contributed by atoms with Crippen LogP contribution in [0, 0.1) is 6.92 Å². The van der Waals surface area contributed by atoms with Crippen LogP contribution in [0.4, 0.5) is 4.79 Å². The number of benzene rings is 1. The third-order valence-electron chi connectivity index (χ3n) is 6.33. The van der Waals surface area contributed by atoms with E-state index in [1.807, 2.05) is 31.2 Å². The zero-order valence-corrected chi connectivity index (χ0v) is 24.8. The second-order valence-corrected chi connectivity index (χ2v) is 11.1. The number of unbranched alkanes of at least 4 members (excludes halogenated alkanes) is 5. The summed E-state index contributed by atoms with van der Waals surface area (Å²) in [6, 6.07) is 5.54. The lowest BCUT2D eigenvalue weighted by Gasteiger charge is -2.35. The van der Waals surface area contributed by atoms with Gasteiger partial charge in [0.1, 0.15) is 17.7 Å². The Morgan fingerprint density at radius 1 is 0.974 bits per heavy atom. The molecule has 0 saturated heterocycles. The van der Waals surface area contributed by atoms with E-state index in [4.69, 9.17) is 10.5 Å². The highest BCUT2D eigenvalue weighted by molar-refractivity contribution is 5.92. The SMILES string of the molecule is CCCCCCN(C(=O)C(CCC(N)=O)NC(=O)OC(C)(C)C)C(C(=O)NCCCCC)c1ccccc1C. The number of carbonyl (C=O) groups is 4. The number of nitrogens with zero attached hydrogens (tertiary/aromatic N) is 1. The molecule has 0 radical (unpaired) electrons. The molecule has 0 saturated carbocycles. The highest BCUT2D eigenvalue weighted by atomic mass is 16.6. The maximum Gasteiger partial charge on any atom is 0.408 e. The summed E-state index contributed by atoms with van der Waals surface area (Å²) < 4.78 is 5.39. The van der Waals surface area contributed by atoms with E-state index in [2.05, 4.69) is 24.5 Å². The van der Waals surface area contributed by atoms with E-state index in [0.29, 0.717) is 19.5 Å². The molecule has 1 aromatic rings. The first-order valence-electron chi connectivity index (χ1n) is 14.3. The van der Waals surface area contributed by atoms with E-state index in [1.165, 1.54) is 0 Å². The van der Waals surface area contributed by atoms with E-state index in [-0.39, 0.29) is 18.7 Å². The van der Waals surface area contributed by atoms with Crippen molar-refractivity contribution >= 4 is 23.8 Å². The number of primary amides is 1. The Morgan fingerprint density at radius 3 is 2.21 bits per heavy atom. The first-order valence-corrected chi connectivity index (χ1v) is 14.3. The number of hydrogen-bond donors (Lipinski definition) is 3.